The van der Waals surface area contributed by atoms with Crippen molar-refractivity contribution in [1.82, 2.24) is 14.7 Å². The maximum Gasteiger partial charge on any atom is 0.336 e. The molecule has 1 unspecified atom stereocenters. The van der Waals surface area contributed by atoms with Crippen LogP contribution in [0.2, 0.25) is 5.02 Å². The van der Waals surface area contributed by atoms with E-state index in [1.165, 1.54) is 32.8 Å². The number of aliphatic carboxylic acids is 1. The first kappa shape index (κ1) is 31.4. The van der Waals surface area contributed by atoms with Crippen molar-refractivity contribution in [2.24, 2.45) is 0 Å². The normalized spacial score (nSPS) is 20.6. The third-order valence-corrected chi connectivity index (χ3v) is 7.93. The molecular weight excluding hydrogens is 537 g/mol. The van der Waals surface area contributed by atoms with Crippen LogP contribution >= 0.6 is 36.4 Å². The van der Waals surface area contributed by atoms with Crippen LogP contribution in [0.3, 0.4) is 0 Å². The second-order valence-corrected chi connectivity index (χ2v) is 10.0. The van der Waals surface area contributed by atoms with E-state index in [2.05, 4.69) is 9.80 Å². The van der Waals surface area contributed by atoms with E-state index in [9.17, 15) is 14.7 Å². The highest BCUT2D eigenvalue weighted by Gasteiger charge is 2.42. The summed E-state index contributed by atoms with van der Waals surface area (Å²) in [6.07, 6.45) is 5.96. The monoisotopic (exact) mass is 573 g/mol. The van der Waals surface area contributed by atoms with Crippen LogP contribution in [-0.4, -0.2) is 85.2 Å². The van der Waals surface area contributed by atoms with Crippen molar-refractivity contribution < 1.29 is 19.4 Å². The lowest BCUT2D eigenvalue weighted by molar-refractivity contribution is -0.136. The number of benzene rings is 1. The van der Waals surface area contributed by atoms with E-state index in [1.807, 2.05) is 30.1 Å². The lowest BCUT2D eigenvalue weighted by Crippen LogP contribution is -2.37. The number of carboxylic acids is 1. The van der Waals surface area contributed by atoms with Gasteiger partial charge in [0.25, 0.3) is 0 Å². The molecule has 10 heteroatoms. The molecule has 2 fully saturated rings. The number of esters is 1. The molecule has 1 N–H and O–H groups in total. The Morgan fingerprint density at radius 3 is 1.86 bits per heavy atom. The fraction of sp³-hybridized carbons (Fsp3) is 0.556. The van der Waals surface area contributed by atoms with Gasteiger partial charge < -0.3 is 24.5 Å². The van der Waals surface area contributed by atoms with E-state index >= 15 is 0 Å². The highest BCUT2D eigenvalue weighted by atomic mass is 35.5. The van der Waals surface area contributed by atoms with Crippen molar-refractivity contribution >= 4 is 48.4 Å². The largest absolute Gasteiger partial charge is 0.478 e. The van der Waals surface area contributed by atoms with Crippen molar-refractivity contribution in [2.75, 3.05) is 53.4 Å². The molecule has 0 spiro atoms. The summed E-state index contributed by atoms with van der Waals surface area (Å²) in [6, 6.07) is 7.22. The number of carbonyl (C=O) groups excluding carboxylic acids is 1. The standard InChI is InChI=1S/C27H36ClN3O4.2ClH/c1-29-21(11-17-30-13-5-6-14-30)24(26(32)33)23(19-9-3-4-10-20(19)28)25(27(34)35-2)22(29)12-18-31-15-7-8-16-31;;/h3-4,9-10,23H,5-8,11-18H2,1-2H3,(H,32,33);2*1H. The number of ether oxygens (including phenoxy) is 1. The molecule has 1 aromatic carbocycles. The van der Waals surface area contributed by atoms with Crippen LogP contribution in [0.15, 0.2) is 46.8 Å². The zero-order valence-electron chi connectivity index (χ0n) is 21.6. The first-order valence-corrected chi connectivity index (χ1v) is 13.0. The summed E-state index contributed by atoms with van der Waals surface area (Å²) < 4.78 is 5.23. The van der Waals surface area contributed by atoms with Crippen LogP contribution in [-0.2, 0) is 14.3 Å². The van der Waals surface area contributed by atoms with Crippen molar-refractivity contribution in [3.8, 4) is 0 Å². The Hall–Kier alpha value is -1.77. The zero-order chi connectivity index (χ0) is 24.9. The molecule has 2 saturated heterocycles. The minimum Gasteiger partial charge on any atom is -0.478 e. The number of hydrogen-bond donors (Lipinski definition) is 1. The third-order valence-electron chi connectivity index (χ3n) is 7.59. The molecule has 0 aliphatic carbocycles. The van der Waals surface area contributed by atoms with Gasteiger partial charge in [0.2, 0.25) is 0 Å². The smallest absolute Gasteiger partial charge is 0.336 e. The maximum absolute atomic E-state index is 13.3. The molecule has 3 aliphatic rings. The van der Waals surface area contributed by atoms with Gasteiger partial charge >= 0.3 is 11.9 Å². The van der Waals surface area contributed by atoms with Gasteiger partial charge in [-0.25, -0.2) is 9.59 Å². The molecule has 0 amide bonds. The number of carboxylic acid groups (broad SMARTS) is 1. The van der Waals surface area contributed by atoms with Crippen molar-refractivity contribution in [3.63, 3.8) is 0 Å². The first-order valence-electron chi connectivity index (χ1n) is 12.6. The Morgan fingerprint density at radius 2 is 1.41 bits per heavy atom. The van der Waals surface area contributed by atoms with Crippen LogP contribution in [0.5, 0.6) is 0 Å². The lowest BCUT2D eigenvalue weighted by atomic mass is 9.78. The number of rotatable bonds is 9. The second kappa shape index (κ2) is 14.4. The summed E-state index contributed by atoms with van der Waals surface area (Å²) in [6.45, 7) is 5.79. The molecule has 0 bridgehead atoms. The molecule has 7 nitrogen and oxygen atoms in total. The first-order chi connectivity index (χ1) is 16.9. The zero-order valence-corrected chi connectivity index (χ0v) is 24.0. The Bertz CT molecular complexity index is 1020. The fourth-order valence-electron chi connectivity index (χ4n) is 5.76. The van der Waals surface area contributed by atoms with Gasteiger partial charge in [-0.15, -0.1) is 24.8 Å². The predicted octanol–water partition coefficient (Wildman–Crippen LogP) is 4.95. The molecular formula is C27H38Cl3N3O4. The van der Waals surface area contributed by atoms with E-state index < -0.39 is 17.9 Å². The van der Waals surface area contributed by atoms with E-state index in [0.29, 0.717) is 29.0 Å². The van der Waals surface area contributed by atoms with Crippen LogP contribution < -0.4 is 0 Å². The number of carbonyl (C=O) groups is 2. The van der Waals surface area contributed by atoms with Crippen molar-refractivity contribution in [1.29, 1.82) is 0 Å². The molecule has 3 heterocycles. The molecule has 206 valence electrons. The topological polar surface area (TPSA) is 73.3 Å². The number of hydrogen-bond acceptors (Lipinski definition) is 6. The Labute approximate surface area is 237 Å². The third kappa shape index (κ3) is 7.01. The van der Waals surface area contributed by atoms with Gasteiger partial charge in [-0.1, -0.05) is 29.8 Å². The summed E-state index contributed by atoms with van der Waals surface area (Å²) in [5.41, 5.74) is 2.79. The summed E-state index contributed by atoms with van der Waals surface area (Å²) in [4.78, 5) is 32.8. The van der Waals surface area contributed by atoms with E-state index in [1.54, 1.807) is 6.07 Å². The molecule has 37 heavy (non-hydrogen) atoms. The van der Waals surface area contributed by atoms with Crippen molar-refractivity contribution in [3.05, 3.63) is 57.4 Å². The fourth-order valence-corrected chi connectivity index (χ4v) is 6.00. The maximum atomic E-state index is 13.3. The van der Waals surface area contributed by atoms with Crippen LogP contribution in [0, 0.1) is 0 Å². The predicted molar refractivity (Wildman–Crippen MR) is 151 cm³/mol. The lowest BCUT2D eigenvalue weighted by Gasteiger charge is -2.39. The molecule has 1 atom stereocenters. The van der Waals surface area contributed by atoms with E-state index in [-0.39, 0.29) is 30.4 Å². The van der Waals surface area contributed by atoms with Gasteiger partial charge in [-0.05, 0) is 63.5 Å². The summed E-state index contributed by atoms with van der Waals surface area (Å²) >= 11 is 6.61. The Morgan fingerprint density at radius 1 is 0.919 bits per heavy atom. The van der Waals surface area contributed by atoms with Gasteiger partial charge in [0, 0.05) is 49.4 Å². The molecule has 1 aromatic rings. The molecule has 0 radical (unpaired) electrons. The molecule has 3 aliphatic heterocycles. The van der Waals surface area contributed by atoms with Gasteiger partial charge in [-0.3, -0.25) is 0 Å². The van der Waals surface area contributed by atoms with Gasteiger partial charge in [0.1, 0.15) is 0 Å². The van der Waals surface area contributed by atoms with E-state index in [4.69, 9.17) is 16.3 Å². The number of nitrogens with zero attached hydrogens (tertiary/aromatic N) is 3. The quantitative estimate of drug-likeness (QED) is 0.418. The van der Waals surface area contributed by atoms with E-state index in [0.717, 1.165) is 50.7 Å². The Balaban J connectivity index is 0.00000241. The molecule has 0 aromatic heterocycles. The number of methoxy groups -OCH3 is 1. The summed E-state index contributed by atoms with van der Waals surface area (Å²) in [7, 11) is 3.25. The van der Waals surface area contributed by atoms with Gasteiger partial charge in [0.05, 0.1) is 24.2 Å². The number of likely N-dealkylation sites (tertiary alicyclic amines) is 2. The highest BCUT2D eigenvalue weighted by Crippen LogP contribution is 2.45. The van der Waals surface area contributed by atoms with Crippen LogP contribution in [0.25, 0.3) is 0 Å². The minimum atomic E-state index is -1.03. The summed E-state index contributed by atoms with van der Waals surface area (Å²) in [5.74, 6) is -2.32. The summed E-state index contributed by atoms with van der Waals surface area (Å²) in [5, 5.41) is 10.9. The molecule has 4 rings (SSSR count). The average molecular weight is 575 g/mol. The van der Waals surface area contributed by atoms with Gasteiger partial charge in [0.15, 0.2) is 0 Å². The SMILES string of the molecule is COC(=O)C1=C(CCN2CCCC2)N(C)C(CCN2CCCC2)=C(C(=O)O)C1c1ccccc1Cl.Cl.Cl. The Kier molecular flexibility index (Phi) is 12.2. The second-order valence-electron chi connectivity index (χ2n) is 9.63. The van der Waals surface area contributed by atoms with Crippen LogP contribution in [0.4, 0.5) is 0 Å². The highest BCUT2D eigenvalue weighted by molar-refractivity contribution is 6.31. The average Bonchev–Trinajstić information content (AvgIpc) is 3.56. The van der Waals surface area contributed by atoms with Crippen molar-refractivity contribution in [2.45, 2.75) is 44.4 Å². The number of halogens is 3. The molecule has 0 saturated carbocycles. The van der Waals surface area contributed by atoms with Crippen LogP contribution in [0.1, 0.15) is 50.0 Å². The minimum absolute atomic E-state index is 0. The van der Waals surface area contributed by atoms with Gasteiger partial charge in [-0.2, -0.15) is 0 Å².